The maximum Gasteiger partial charge on any atom is 0.308 e. The highest BCUT2D eigenvalue weighted by Crippen LogP contribution is 2.46. The molecule has 11 heteroatoms. The maximum atomic E-state index is 16.2. The van der Waals surface area contributed by atoms with Crippen LogP contribution in [0.2, 0.25) is 0 Å². The number of benzene rings is 2. The smallest absolute Gasteiger partial charge is 0.308 e. The van der Waals surface area contributed by atoms with Crippen molar-refractivity contribution in [1.29, 1.82) is 0 Å². The Balaban J connectivity index is 2.15. The molecule has 43 heavy (non-hydrogen) atoms. The Hall–Kier alpha value is -3.57. The van der Waals surface area contributed by atoms with E-state index in [0.717, 1.165) is 19.1 Å². The lowest BCUT2D eigenvalue weighted by Crippen LogP contribution is -2.40. The Morgan fingerprint density at radius 3 is 2.47 bits per heavy atom. The fourth-order valence-corrected chi connectivity index (χ4v) is 5.40. The summed E-state index contributed by atoms with van der Waals surface area (Å²) in [6, 6.07) is 4.59. The van der Waals surface area contributed by atoms with Gasteiger partial charge in [-0.1, -0.05) is 12.2 Å². The van der Waals surface area contributed by atoms with Gasteiger partial charge in [0.1, 0.15) is 17.4 Å². The predicted molar refractivity (Wildman–Crippen MR) is 160 cm³/mol. The SMILES string of the molecule is C=CCCCOc1cc(F)cc(C)c1-c1cc(C2CC2)c(F)c([C@H](CC(=O)OCC)NC(=O)[C@@H](CC=C)OS(C)(=O)=O)c1. The number of unbranched alkanes of at least 4 members (excludes halogenated alkanes) is 1. The quantitative estimate of drug-likeness (QED) is 0.0973. The Bertz CT molecular complexity index is 1450. The molecule has 0 aliphatic heterocycles. The van der Waals surface area contributed by atoms with Crippen LogP contribution in [-0.2, 0) is 28.6 Å². The van der Waals surface area contributed by atoms with Gasteiger partial charge in [0, 0.05) is 23.6 Å². The zero-order valence-electron chi connectivity index (χ0n) is 24.8. The van der Waals surface area contributed by atoms with E-state index in [1.807, 2.05) is 0 Å². The van der Waals surface area contributed by atoms with Crippen LogP contribution in [0.1, 0.15) is 74.1 Å². The van der Waals surface area contributed by atoms with Gasteiger partial charge in [-0.15, -0.1) is 13.2 Å². The summed E-state index contributed by atoms with van der Waals surface area (Å²) in [4.78, 5) is 25.9. The summed E-state index contributed by atoms with van der Waals surface area (Å²) < 4.78 is 70.3. The molecule has 2 aromatic carbocycles. The van der Waals surface area contributed by atoms with E-state index in [1.54, 1.807) is 26.0 Å². The molecule has 0 saturated heterocycles. The number of nitrogens with one attached hydrogen (secondary N) is 1. The number of aryl methyl sites for hydroxylation is 1. The molecule has 234 valence electrons. The standard InChI is InChI=1S/C32H39F2NO7S/c1-6-9-10-14-41-28-18-23(33)15-20(4)30(28)22-16-24(21-12-13-21)31(34)25(17-22)26(19-29(36)40-8-3)35-32(37)27(11-7-2)42-43(5,38)39/h6-7,15-18,21,26-27H,1-2,8-14,19H2,3-5H3,(H,35,37)/t26-,27+/m0/s1. The minimum absolute atomic E-state index is 0.00107. The zero-order chi connectivity index (χ0) is 31.7. The van der Waals surface area contributed by atoms with Crippen molar-refractivity contribution in [3.63, 3.8) is 0 Å². The van der Waals surface area contributed by atoms with E-state index >= 15 is 4.39 Å². The monoisotopic (exact) mass is 619 g/mol. The third kappa shape index (κ3) is 9.72. The van der Waals surface area contributed by atoms with Crippen molar-refractivity contribution in [2.45, 2.75) is 70.4 Å². The highest BCUT2D eigenvalue weighted by atomic mass is 32.2. The van der Waals surface area contributed by atoms with Crippen LogP contribution in [0.4, 0.5) is 8.78 Å². The number of halogens is 2. The van der Waals surface area contributed by atoms with E-state index < -0.39 is 52.2 Å². The van der Waals surface area contributed by atoms with Crippen LogP contribution in [0.25, 0.3) is 11.1 Å². The molecular weight excluding hydrogens is 580 g/mol. The second-order valence-electron chi connectivity index (χ2n) is 10.5. The number of hydrogen-bond donors (Lipinski definition) is 1. The Labute approximate surface area is 252 Å². The first-order valence-corrected chi connectivity index (χ1v) is 16.0. The predicted octanol–water partition coefficient (Wildman–Crippen LogP) is 6.19. The molecule has 1 aliphatic rings. The first-order chi connectivity index (χ1) is 20.4. The molecule has 0 radical (unpaired) electrons. The molecule has 0 bridgehead atoms. The average molecular weight is 620 g/mol. The molecule has 1 aliphatic carbocycles. The molecule has 1 amide bonds. The highest BCUT2D eigenvalue weighted by molar-refractivity contribution is 7.86. The minimum Gasteiger partial charge on any atom is -0.493 e. The number of carbonyl (C=O) groups excluding carboxylic acids is 2. The van der Waals surface area contributed by atoms with Gasteiger partial charge in [0.2, 0.25) is 0 Å². The van der Waals surface area contributed by atoms with Gasteiger partial charge in [-0.3, -0.25) is 13.8 Å². The van der Waals surface area contributed by atoms with E-state index in [-0.39, 0.29) is 30.3 Å². The summed E-state index contributed by atoms with van der Waals surface area (Å²) in [5.41, 5.74) is 2.02. The van der Waals surface area contributed by atoms with Crippen molar-refractivity contribution in [2.24, 2.45) is 0 Å². The fourth-order valence-electron chi connectivity index (χ4n) is 4.81. The first kappa shape index (κ1) is 33.9. The van der Waals surface area contributed by atoms with E-state index in [2.05, 4.69) is 18.5 Å². The van der Waals surface area contributed by atoms with Gasteiger partial charge in [0.25, 0.3) is 16.0 Å². The van der Waals surface area contributed by atoms with Gasteiger partial charge in [0.15, 0.2) is 6.10 Å². The third-order valence-corrected chi connectivity index (χ3v) is 7.42. The molecule has 3 rings (SSSR count). The molecule has 0 unspecified atom stereocenters. The minimum atomic E-state index is -4.03. The van der Waals surface area contributed by atoms with Gasteiger partial charge >= 0.3 is 5.97 Å². The van der Waals surface area contributed by atoms with Crippen LogP contribution >= 0.6 is 0 Å². The summed E-state index contributed by atoms with van der Waals surface area (Å²) in [5, 5.41) is 2.61. The van der Waals surface area contributed by atoms with Crippen LogP contribution in [-0.4, -0.2) is 45.9 Å². The number of allylic oxidation sites excluding steroid dienone is 1. The number of rotatable bonds is 17. The topological polar surface area (TPSA) is 108 Å². The average Bonchev–Trinajstić information content (AvgIpc) is 3.75. The maximum absolute atomic E-state index is 16.2. The third-order valence-electron chi connectivity index (χ3n) is 6.84. The molecule has 1 fully saturated rings. The second-order valence-corrected chi connectivity index (χ2v) is 12.1. The number of amides is 1. The van der Waals surface area contributed by atoms with Crippen LogP contribution in [0.3, 0.4) is 0 Å². The summed E-state index contributed by atoms with van der Waals surface area (Å²) in [7, 11) is -4.03. The van der Waals surface area contributed by atoms with Gasteiger partial charge in [-0.2, -0.15) is 8.42 Å². The lowest BCUT2D eigenvalue weighted by molar-refractivity contribution is -0.144. The van der Waals surface area contributed by atoms with Crippen molar-refractivity contribution in [1.82, 2.24) is 5.32 Å². The first-order valence-electron chi connectivity index (χ1n) is 14.2. The summed E-state index contributed by atoms with van der Waals surface area (Å²) in [6.45, 7) is 10.9. The van der Waals surface area contributed by atoms with E-state index in [9.17, 15) is 22.4 Å². The molecule has 0 heterocycles. The number of esters is 1. The lowest BCUT2D eigenvalue weighted by atomic mass is 9.90. The molecule has 0 spiro atoms. The Morgan fingerprint density at radius 2 is 1.86 bits per heavy atom. The summed E-state index contributed by atoms with van der Waals surface area (Å²) in [5.74, 6) is -2.45. The van der Waals surface area contributed by atoms with Crippen molar-refractivity contribution >= 4 is 22.0 Å². The van der Waals surface area contributed by atoms with E-state index in [1.165, 1.54) is 24.3 Å². The Kier molecular flexibility index (Phi) is 12.0. The molecule has 8 nitrogen and oxygen atoms in total. The molecule has 2 aromatic rings. The van der Waals surface area contributed by atoms with Crippen LogP contribution in [0, 0.1) is 18.6 Å². The largest absolute Gasteiger partial charge is 0.493 e. The summed E-state index contributed by atoms with van der Waals surface area (Å²) >= 11 is 0. The Morgan fingerprint density at radius 1 is 1.14 bits per heavy atom. The van der Waals surface area contributed by atoms with Crippen LogP contribution in [0.15, 0.2) is 49.6 Å². The second kappa shape index (κ2) is 15.2. The normalized spacial score (nSPS) is 14.4. The molecule has 0 aromatic heterocycles. The summed E-state index contributed by atoms with van der Waals surface area (Å²) in [6.07, 6.45) is 4.69. The van der Waals surface area contributed by atoms with E-state index in [4.69, 9.17) is 13.7 Å². The molecule has 2 atom stereocenters. The molecule has 1 N–H and O–H groups in total. The fraction of sp³-hybridized carbons (Fsp3) is 0.438. The van der Waals surface area contributed by atoms with Gasteiger partial charge in [0.05, 0.1) is 31.9 Å². The number of hydrogen-bond acceptors (Lipinski definition) is 7. The zero-order valence-corrected chi connectivity index (χ0v) is 25.6. The van der Waals surface area contributed by atoms with Gasteiger partial charge in [-0.25, -0.2) is 8.78 Å². The number of ether oxygens (including phenoxy) is 2. The van der Waals surface area contributed by atoms with Crippen molar-refractivity contribution in [3.05, 3.63) is 77.9 Å². The number of carbonyl (C=O) groups is 2. The van der Waals surface area contributed by atoms with Crippen LogP contribution in [0.5, 0.6) is 5.75 Å². The van der Waals surface area contributed by atoms with E-state index in [0.29, 0.717) is 41.7 Å². The van der Waals surface area contributed by atoms with Crippen molar-refractivity contribution in [2.75, 3.05) is 19.5 Å². The highest BCUT2D eigenvalue weighted by Gasteiger charge is 2.33. The van der Waals surface area contributed by atoms with Crippen molar-refractivity contribution in [3.8, 4) is 16.9 Å². The van der Waals surface area contributed by atoms with Crippen molar-refractivity contribution < 1.29 is 40.4 Å². The molecular formula is C32H39F2NO7S. The lowest BCUT2D eigenvalue weighted by Gasteiger charge is -2.24. The van der Waals surface area contributed by atoms with Gasteiger partial charge < -0.3 is 14.8 Å². The van der Waals surface area contributed by atoms with Gasteiger partial charge in [-0.05, 0) is 80.3 Å². The van der Waals surface area contributed by atoms with Crippen LogP contribution < -0.4 is 10.1 Å². The molecule has 1 saturated carbocycles.